The lowest BCUT2D eigenvalue weighted by molar-refractivity contribution is -0.131. The lowest BCUT2D eigenvalue weighted by atomic mass is 10.2. The minimum Gasteiger partial charge on any atom is -0.478 e. The Bertz CT molecular complexity index is 380. The van der Waals surface area contributed by atoms with E-state index < -0.39 is 11.9 Å². The van der Waals surface area contributed by atoms with Gasteiger partial charge in [-0.1, -0.05) is 6.07 Å². The molecule has 14 heavy (non-hydrogen) atoms. The van der Waals surface area contributed by atoms with Crippen molar-refractivity contribution in [2.45, 2.75) is 0 Å². The van der Waals surface area contributed by atoms with E-state index in [1.54, 1.807) is 0 Å². The molecule has 0 aliphatic rings. The standard InChI is InChI=1S/C9H7NO4/c11-8(12)4-2-6-1-3-7(9(13)14)10-5-6/h1-5H,(H,11,12)(H,13,14). The number of rotatable bonds is 3. The first-order valence-electron chi connectivity index (χ1n) is 3.70. The fourth-order valence-corrected chi connectivity index (χ4v) is 0.798. The molecule has 0 bridgehead atoms. The second-order valence-electron chi connectivity index (χ2n) is 2.45. The van der Waals surface area contributed by atoms with Gasteiger partial charge in [-0.05, 0) is 17.7 Å². The van der Waals surface area contributed by atoms with Crippen LogP contribution in [0, 0.1) is 0 Å². The van der Waals surface area contributed by atoms with E-state index in [0.717, 1.165) is 6.08 Å². The number of nitrogens with zero attached hydrogens (tertiary/aromatic N) is 1. The summed E-state index contributed by atoms with van der Waals surface area (Å²) >= 11 is 0. The third kappa shape index (κ3) is 2.71. The molecule has 0 aliphatic carbocycles. The largest absolute Gasteiger partial charge is 0.478 e. The number of aromatic carboxylic acids is 1. The molecule has 0 spiro atoms. The summed E-state index contributed by atoms with van der Waals surface area (Å²) in [5, 5.41) is 16.8. The molecule has 5 heteroatoms. The number of hydrogen-bond acceptors (Lipinski definition) is 3. The summed E-state index contributed by atoms with van der Waals surface area (Å²) in [7, 11) is 0. The number of carboxylic acids is 2. The highest BCUT2D eigenvalue weighted by Crippen LogP contribution is 2.02. The quantitative estimate of drug-likeness (QED) is 0.695. The predicted molar refractivity (Wildman–Crippen MR) is 47.9 cm³/mol. The number of aromatic nitrogens is 1. The summed E-state index contributed by atoms with van der Waals surface area (Å²) in [4.78, 5) is 24.2. The highest BCUT2D eigenvalue weighted by Gasteiger charge is 2.01. The number of carboxylic acid groups (broad SMARTS) is 2. The zero-order valence-electron chi connectivity index (χ0n) is 7.04. The van der Waals surface area contributed by atoms with Crippen molar-refractivity contribution in [1.82, 2.24) is 4.98 Å². The van der Waals surface area contributed by atoms with Crippen molar-refractivity contribution in [2.24, 2.45) is 0 Å². The highest BCUT2D eigenvalue weighted by molar-refractivity contribution is 5.86. The Balaban J connectivity index is 2.83. The van der Waals surface area contributed by atoms with Gasteiger partial charge in [0.1, 0.15) is 5.69 Å². The summed E-state index contributed by atoms with van der Waals surface area (Å²) in [5.41, 5.74) is 0.467. The van der Waals surface area contributed by atoms with E-state index in [4.69, 9.17) is 10.2 Å². The van der Waals surface area contributed by atoms with E-state index in [1.165, 1.54) is 24.4 Å². The van der Waals surface area contributed by atoms with Crippen molar-refractivity contribution in [3.8, 4) is 0 Å². The van der Waals surface area contributed by atoms with Gasteiger partial charge in [-0.25, -0.2) is 14.6 Å². The van der Waals surface area contributed by atoms with Gasteiger partial charge in [0.05, 0.1) is 0 Å². The van der Waals surface area contributed by atoms with Gasteiger partial charge >= 0.3 is 11.9 Å². The van der Waals surface area contributed by atoms with E-state index in [1.807, 2.05) is 0 Å². The van der Waals surface area contributed by atoms with Crippen LogP contribution in [0.15, 0.2) is 24.4 Å². The third-order valence-electron chi connectivity index (χ3n) is 1.42. The first kappa shape index (κ1) is 9.91. The molecule has 0 saturated carbocycles. The normalized spacial score (nSPS) is 10.3. The topological polar surface area (TPSA) is 87.5 Å². The fraction of sp³-hybridized carbons (Fsp3) is 0. The third-order valence-corrected chi connectivity index (χ3v) is 1.42. The van der Waals surface area contributed by atoms with E-state index >= 15 is 0 Å². The fourth-order valence-electron chi connectivity index (χ4n) is 0.798. The van der Waals surface area contributed by atoms with Crippen LogP contribution in [0.4, 0.5) is 0 Å². The monoisotopic (exact) mass is 193 g/mol. The zero-order chi connectivity index (χ0) is 10.6. The lowest BCUT2D eigenvalue weighted by Gasteiger charge is -1.93. The Morgan fingerprint density at radius 2 is 2.00 bits per heavy atom. The molecule has 1 aromatic rings. The van der Waals surface area contributed by atoms with Gasteiger partial charge in [0.15, 0.2) is 0 Å². The molecular formula is C9H7NO4. The van der Waals surface area contributed by atoms with Crippen LogP contribution in [0.2, 0.25) is 0 Å². The molecule has 0 atom stereocenters. The first-order chi connectivity index (χ1) is 6.59. The van der Waals surface area contributed by atoms with Gasteiger partial charge in [-0.2, -0.15) is 0 Å². The maximum atomic E-state index is 10.4. The highest BCUT2D eigenvalue weighted by atomic mass is 16.4. The molecule has 0 saturated heterocycles. The molecule has 72 valence electrons. The minimum atomic E-state index is -1.11. The molecule has 0 amide bonds. The van der Waals surface area contributed by atoms with Crippen molar-refractivity contribution in [3.05, 3.63) is 35.7 Å². The van der Waals surface area contributed by atoms with Gasteiger partial charge in [-0.15, -0.1) is 0 Å². The lowest BCUT2D eigenvalue weighted by Crippen LogP contribution is -1.99. The van der Waals surface area contributed by atoms with Crippen LogP contribution in [0.25, 0.3) is 6.08 Å². The molecule has 2 N–H and O–H groups in total. The summed E-state index contributed by atoms with van der Waals surface area (Å²) in [6.45, 7) is 0. The van der Waals surface area contributed by atoms with E-state index in [2.05, 4.69) is 4.98 Å². The molecule has 1 aromatic heterocycles. The van der Waals surface area contributed by atoms with Crippen LogP contribution in [-0.4, -0.2) is 27.1 Å². The van der Waals surface area contributed by atoms with Crippen molar-refractivity contribution < 1.29 is 19.8 Å². The van der Waals surface area contributed by atoms with Gasteiger partial charge in [0.25, 0.3) is 0 Å². The summed E-state index contributed by atoms with van der Waals surface area (Å²) in [6, 6.07) is 2.79. The van der Waals surface area contributed by atoms with Crippen LogP contribution in [0.5, 0.6) is 0 Å². The maximum Gasteiger partial charge on any atom is 0.354 e. The number of pyridine rings is 1. The van der Waals surface area contributed by atoms with Crippen LogP contribution in [0.1, 0.15) is 16.1 Å². The first-order valence-corrected chi connectivity index (χ1v) is 3.70. The zero-order valence-corrected chi connectivity index (χ0v) is 7.04. The van der Waals surface area contributed by atoms with Crippen molar-refractivity contribution in [3.63, 3.8) is 0 Å². The SMILES string of the molecule is O=C(O)C=Cc1ccc(C(=O)O)nc1. The number of aliphatic carboxylic acids is 1. The summed E-state index contributed by atoms with van der Waals surface area (Å²) in [5.74, 6) is -2.17. The van der Waals surface area contributed by atoms with Crippen LogP contribution in [0.3, 0.4) is 0 Å². The van der Waals surface area contributed by atoms with Gasteiger partial charge in [0.2, 0.25) is 0 Å². The Hall–Kier alpha value is -2.17. The van der Waals surface area contributed by atoms with Gasteiger partial charge < -0.3 is 10.2 Å². The summed E-state index contributed by atoms with van der Waals surface area (Å²) in [6.07, 6.45) is 3.58. The second kappa shape index (κ2) is 4.18. The van der Waals surface area contributed by atoms with E-state index in [9.17, 15) is 9.59 Å². The maximum absolute atomic E-state index is 10.4. The van der Waals surface area contributed by atoms with Gasteiger partial charge in [0, 0.05) is 12.3 Å². The average Bonchev–Trinajstić information content (AvgIpc) is 2.15. The predicted octanol–water partition coefficient (Wildman–Crippen LogP) is 0.878. The molecule has 0 aromatic carbocycles. The van der Waals surface area contributed by atoms with Crippen molar-refractivity contribution in [1.29, 1.82) is 0 Å². The second-order valence-corrected chi connectivity index (χ2v) is 2.45. The average molecular weight is 193 g/mol. The molecular weight excluding hydrogens is 186 g/mol. The smallest absolute Gasteiger partial charge is 0.354 e. The number of carbonyl (C=O) groups is 2. The van der Waals surface area contributed by atoms with Crippen molar-refractivity contribution in [2.75, 3.05) is 0 Å². The minimum absolute atomic E-state index is 0.0718. The molecule has 0 aliphatic heterocycles. The van der Waals surface area contributed by atoms with Crippen molar-refractivity contribution >= 4 is 18.0 Å². The van der Waals surface area contributed by atoms with Crippen LogP contribution in [-0.2, 0) is 4.79 Å². The Morgan fingerprint density at radius 1 is 1.29 bits per heavy atom. The molecule has 0 radical (unpaired) electrons. The Labute approximate surface area is 79.3 Å². The molecule has 1 rings (SSSR count). The van der Waals surface area contributed by atoms with Crippen LogP contribution >= 0.6 is 0 Å². The Morgan fingerprint density at radius 3 is 2.43 bits per heavy atom. The van der Waals surface area contributed by atoms with E-state index in [-0.39, 0.29) is 5.69 Å². The number of hydrogen-bond donors (Lipinski definition) is 2. The molecule has 1 heterocycles. The van der Waals surface area contributed by atoms with E-state index in [0.29, 0.717) is 5.56 Å². The Kier molecular flexibility index (Phi) is 2.96. The molecule has 0 fully saturated rings. The van der Waals surface area contributed by atoms with Crippen LogP contribution < -0.4 is 0 Å². The molecule has 5 nitrogen and oxygen atoms in total. The van der Waals surface area contributed by atoms with Gasteiger partial charge in [-0.3, -0.25) is 0 Å². The summed E-state index contributed by atoms with van der Waals surface area (Å²) < 4.78 is 0. The molecule has 0 unspecified atom stereocenters.